The summed E-state index contributed by atoms with van der Waals surface area (Å²) in [5, 5.41) is 13.2. The average Bonchev–Trinajstić information content (AvgIpc) is 3.70. The molecule has 0 bridgehead atoms. The number of amides is 1. The number of carboxylic acid groups (broad SMARTS) is 1. The maximum absolute atomic E-state index is 15.0. The summed E-state index contributed by atoms with van der Waals surface area (Å²) in [5.74, 6) is -0.278. The molecule has 1 amide bonds. The molecule has 0 spiro atoms. The van der Waals surface area contributed by atoms with Gasteiger partial charge in [-0.3, -0.25) is 15.6 Å². The van der Waals surface area contributed by atoms with E-state index < -0.39 is 5.97 Å². The van der Waals surface area contributed by atoms with E-state index in [1.54, 1.807) is 17.7 Å². The number of ether oxygens (including phenoxy) is 1. The number of fused-ring (bicyclic) bond motifs is 4. The van der Waals surface area contributed by atoms with Crippen molar-refractivity contribution in [3.63, 3.8) is 0 Å². The Morgan fingerprint density at radius 2 is 1.66 bits per heavy atom. The van der Waals surface area contributed by atoms with Crippen molar-refractivity contribution in [3.05, 3.63) is 91.7 Å². The van der Waals surface area contributed by atoms with Crippen LogP contribution in [-0.4, -0.2) is 51.4 Å². The fourth-order valence-corrected chi connectivity index (χ4v) is 8.71. The molecular weight excluding hydrogens is 673 g/mol. The van der Waals surface area contributed by atoms with Crippen LogP contribution < -0.4 is 20.5 Å². The molecule has 1 saturated heterocycles. The molecule has 9 nitrogen and oxygen atoms in total. The van der Waals surface area contributed by atoms with Crippen LogP contribution in [0.3, 0.4) is 0 Å². The van der Waals surface area contributed by atoms with Gasteiger partial charge in [-0.15, -0.1) is 0 Å². The van der Waals surface area contributed by atoms with Crippen molar-refractivity contribution in [1.29, 1.82) is 0 Å². The molecule has 3 atom stereocenters. The first-order chi connectivity index (χ1) is 23.8. The molecular formula is C39H43Cl2N5O4. The normalized spacial score (nSPS) is 20.7. The summed E-state index contributed by atoms with van der Waals surface area (Å²) in [6, 6.07) is 13.7. The number of carbonyl (C=O) groups is 2. The first-order valence-corrected chi connectivity index (χ1v) is 17.9. The van der Waals surface area contributed by atoms with Gasteiger partial charge in [0, 0.05) is 64.0 Å². The molecule has 3 aromatic carbocycles. The third-order valence-electron chi connectivity index (χ3n) is 10.6. The minimum atomic E-state index is -1.01. The molecule has 2 unspecified atom stereocenters. The molecule has 0 radical (unpaired) electrons. The van der Waals surface area contributed by atoms with Crippen LogP contribution in [0, 0.1) is 20.8 Å². The van der Waals surface area contributed by atoms with Crippen LogP contribution >= 0.6 is 23.2 Å². The van der Waals surface area contributed by atoms with Gasteiger partial charge in [-0.25, -0.2) is 4.79 Å². The number of halogens is 2. The summed E-state index contributed by atoms with van der Waals surface area (Å²) in [5.41, 5.74) is 14.9. The molecule has 1 fully saturated rings. The second-order valence-corrected chi connectivity index (χ2v) is 14.9. The van der Waals surface area contributed by atoms with E-state index in [2.05, 4.69) is 42.3 Å². The second kappa shape index (κ2) is 12.9. The van der Waals surface area contributed by atoms with E-state index in [-0.39, 0.29) is 35.6 Å². The van der Waals surface area contributed by atoms with Crippen LogP contribution in [-0.2, 0) is 13.5 Å². The lowest BCUT2D eigenvalue weighted by molar-refractivity contribution is 0.0687. The first-order valence-electron chi connectivity index (χ1n) is 17.2. The summed E-state index contributed by atoms with van der Waals surface area (Å²) in [6.45, 7) is 13.2. The topological polar surface area (TPSA) is 101 Å². The van der Waals surface area contributed by atoms with Gasteiger partial charge in [0.2, 0.25) is 0 Å². The first kappa shape index (κ1) is 34.4. The van der Waals surface area contributed by atoms with E-state index in [0.717, 1.165) is 60.4 Å². The molecule has 262 valence electrons. The molecule has 11 heteroatoms. The highest BCUT2D eigenvalue weighted by Gasteiger charge is 2.40. The third kappa shape index (κ3) is 5.55. The van der Waals surface area contributed by atoms with Gasteiger partial charge in [0.15, 0.2) is 0 Å². The number of rotatable bonds is 8. The zero-order valence-corrected chi connectivity index (χ0v) is 31.0. The van der Waals surface area contributed by atoms with Crippen LogP contribution in [0.15, 0.2) is 42.5 Å². The predicted octanol–water partition coefficient (Wildman–Crippen LogP) is 8.26. The SMILES string of the molecule is Cc1cc(N2C[C@@H](C)n3c(c(CCCOc4cc(C)c(Cl)c(C)c4)c4ccc(Cl)c(C5C(C)NNC5C)c43)C2=O)c2c(c1)cc(C(=O)O)n2C. The van der Waals surface area contributed by atoms with E-state index in [4.69, 9.17) is 27.9 Å². The molecule has 2 aliphatic rings. The number of hydrogen-bond acceptors (Lipinski definition) is 5. The van der Waals surface area contributed by atoms with Gasteiger partial charge < -0.3 is 23.9 Å². The molecule has 0 saturated carbocycles. The lowest BCUT2D eigenvalue weighted by Crippen LogP contribution is -2.43. The van der Waals surface area contributed by atoms with Crippen molar-refractivity contribution >= 4 is 62.6 Å². The number of hydrogen-bond donors (Lipinski definition) is 3. The molecule has 0 aliphatic carbocycles. The molecule has 2 aromatic heterocycles. The van der Waals surface area contributed by atoms with Gasteiger partial charge in [-0.2, -0.15) is 0 Å². The summed E-state index contributed by atoms with van der Waals surface area (Å²) in [4.78, 5) is 29.0. The van der Waals surface area contributed by atoms with Crippen LogP contribution in [0.1, 0.15) is 87.9 Å². The number of aromatic nitrogens is 2. The summed E-state index contributed by atoms with van der Waals surface area (Å²) >= 11 is 13.5. The van der Waals surface area contributed by atoms with Gasteiger partial charge in [0.25, 0.3) is 5.91 Å². The lowest BCUT2D eigenvalue weighted by atomic mass is 9.87. The zero-order valence-electron chi connectivity index (χ0n) is 29.4. The average molecular weight is 717 g/mol. The Hall–Kier alpha value is -4.02. The Balaban J connectivity index is 1.36. The monoisotopic (exact) mass is 715 g/mol. The van der Waals surface area contributed by atoms with Gasteiger partial charge >= 0.3 is 5.97 Å². The van der Waals surface area contributed by atoms with Crippen LogP contribution in [0.5, 0.6) is 5.75 Å². The number of aromatic carboxylic acids is 1. The highest BCUT2D eigenvalue weighted by Crippen LogP contribution is 2.45. The van der Waals surface area contributed by atoms with Gasteiger partial charge in [-0.05, 0) is 113 Å². The van der Waals surface area contributed by atoms with E-state index in [9.17, 15) is 9.90 Å². The van der Waals surface area contributed by atoms with Gasteiger partial charge in [-0.1, -0.05) is 29.3 Å². The number of benzene rings is 3. The zero-order chi connectivity index (χ0) is 35.8. The van der Waals surface area contributed by atoms with Crippen molar-refractivity contribution < 1.29 is 19.4 Å². The van der Waals surface area contributed by atoms with Crippen molar-refractivity contribution in [1.82, 2.24) is 20.0 Å². The highest BCUT2D eigenvalue weighted by molar-refractivity contribution is 6.33. The van der Waals surface area contributed by atoms with E-state index in [0.29, 0.717) is 42.4 Å². The molecule has 5 aromatic rings. The maximum atomic E-state index is 15.0. The van der Waals surface area contributed by atoms with E-state index >= 15 is 4.79 Å². The molecule has 50 heavy (non-hydrogen) atoms. The van der Waals surface area contributed by atoms with Gasteiger partial charge in [0.05, 0.1) is 23.3 Å². The Morgan fingerprint density at radius 1 is 0.980 bits per heavy atom. The number of nitrogens with zero attached hydrogens (tertiary/aromatic N) is 3. The molecule has 7 rings (SSSR count). The standard InChI is InChI=1S/C39H43Cl2N5O4/c1-19-13-25-17-31(39(48)49)44(7)35(25)30(14-19)45-18-22(4)46-36-28(10-11-29(40)33(36)32-23(5)42-43-24(32)6)27(37(46)38(45)47)9-8-12-50-26-15-20(2)34(41)21(3)16-26/h10-11,13-17,22-24,32,42-43H,8-9,12,18H2,1-7H3,(H,48,49)/t22-,23?,24?,32?/m1/s1. The van der Waals surface area contributed by atoms with E-state index in [1.165, 1.54) is 0 Å². The Kier molecular flexibility index (Phi) is 8.91. The van der Waals surface area contributed by atoms with Crippen LogP contribution in [0.25, 0.3) is 21.8 Å². The molecule has 4 heterocycles. The van der Waals surface area contributed by atoms with Gasteiger partial charge in [0.1, 0.15) is 17.1 Å². The fourth-order valence-electron chi connectivity index (χ4n) is 8.32. The fraction of sp³-hybridized carbons (Fsp3) is 0.385. The maximum Gasteiger partial charge on any atom is 0.352 e. The Morgan fingerprint density at radius 3 is 2.32 bits per heavy atom. The number of carboxylic acids is 1. The Labute approximate surface area is 302 Å². The number of aryl methyl sites for hydroxylation is 5. The summed E-state index contributed by atoms with van der Waals surface area (Å²) in [7, 11) is 1.74. The van der Waals surface area contributed by atoms with Crippen molar-refractivity contribution in [3.8, 4) is 5.75 Å². The molecule has 2 aliphatic heterocycles. The largest absolute Gasteiger partial charge is 0.494 e. The highest BCUT2D eigenvalue weighted by atomic mass is 35.5. The minimum Gasteiger partial charge on any atom is -0.494 e. The quantitative estimate of drug-likeness (QED) is 0.140. The van der Waals surface area contributed by atoms with Crippen molar-refractivity contribution in [2.45, 2.75) is 78.4 Å². The van der Waals surface area contributed by atoms with E-state index in [1.807, 2.05) is 56.0 Å². The summed E-state index contributed by atoms with van der Waals surface area (Å²) < 4.78 is 10.1. The second-order valence-electron chi connectivity index (χ2n) is 14.1. The summed E-state index contributed by atoms with van der Waals surface area (Å²) in [6.07, 6.45) is 1.29. The van der Waals surface area contributed by atoms with Crippen LogP contribution in [0.4, 0.5) is 5.69 Å². The number of carbonyl (C=O) groups excluding carboxylic acids is 1. The lowest BCUT2D eigenvalue weighted by Gasteiger charge is -2.35. The Bertz CT molecular complexity index is 2170. The number of anilines is 1. The predicted molar refractivity (Wildman–Crippen MR) is 201 cm³/mol. The van der Waals surface area contributed by atoms with Crippen LogP contribution in [0.2, 0.25) is 10.0 Å². The third-order valence-corrected chi connectivity index (χ3v) is 11.5. The van der Waals surface area contributed by atoms with Crippen molar-refractivity contribution in [2.24, 2.45) is 7.05 Å². The number of nitrogens with one attached hydrogen (secondary N) is 2. The minimum absolute atomic E-state index is 0.0762. The smallest absolute Gasteiger partial charge is 0.352 e. The molecule has 3 N–H and O–H groups in total. The van der Waals surface area contributed by atoms with Crippen molar-refractivity contribution in [2.75, 3.05) is 18.1 Å². The number of hydrazine groups is 1.